The van der Waals surface area contributed by atoms with Gasteiger partial charge in [-0.1, -0.05) is 54.1 Å². The fraction of sp³-hybridized carbons (Fsp3) is 0.192. The van der Waals surface area contributed by atoms with Crippen molar-refractivity contribution in [2.45, 2.75) is 32.2 Å². The molecule has 1 amide bonds. The first-order valence-electron chi connectivity index (χ1n) is 10.2. The first kappa shape index (κ1) is 17.7. The van der Waals surface area contributed by atoms with E-state index < -0.39 is 0 Å². The zero-order chi connectivity index (χ0) is 19.8. The molecule has 29 heavy (non-hydrogen) atoms. The predicted molar refractivity (Wildman–Crippen MR) is 118 cm³/mol. The smallest absolute Gasteiger partial charge is 0.251 e. The minimum Gasteiger partial charge on any atom is -0.358 e. The number of aromatic nitrogens is 1. The molecule has 2 N–H and O–H groups in total. The fourth-order valence-corrected chi connectivity index (χ4v) is 4.38. The number of hydrogen-bond acceptors (Lipinski definition) is 1. The Balaban J connectivity index is 1.30. The van der Waals surface area contributed by atoms with E-state index >= 15 is 0 Å². The van der Waals surface area contributed by atoms with Gasteiger partial charge in [0, 0.05) is 34.6 Å². The summed E-state index contributed by atoms with van der Waals surface area (Å²) >= 11 is 0. The molecule has 0 saturated carbocycles. The summed E-state index contributed by atoms with van der Waals surface area (Å²) < 4.78 is 0. The van der Waals surface area contributed by atoms with Gasteiger partial charge < -0.3 is 10.3 Å². The van der Waals surface area contributed by atoms with Gasteiger partial charge >= 0.3 is 0 Å². The van der Waals surface area contributed by atoms with Crippen LogP contribution in [-0.4, -0.2) is 16.9 Å². The van der Waals surface area contributed by atoms with Gasteiger partial charge in [-0.2, -0.15) is 0 Å². The van der Waals surface area contributed by atoms with Crippen molar-refractivity contribution in [1.29, 1.82) is 0 Å². The number of nitrogens with one attached hydrogen (secondary N) is 2. The lowest BCUT2D eigenvalue weighted by atomic mass is 9.91. The molecule has 0 radical (unpaired) electrons. The summed E-state index contributed by atoms with van der Waals surface area (Å²) in [7, 11) is 0. The third kappa shape index (κ3) is 3.44. The summed E-state index contributed by atoms with van der Waals surface area (Å²) in [5.74, 6) is 0.00465. The third-order valence-corrected chi connectivity index (χ3v) is 5.93. The Morgan fingerprint density at radius 1 is 0.966 bits per heavy atom. The molecule has 144 valence electrons. The van der Waals surface area contributed by atoms with Crippen LogP contribution in [0.4, 0.5) is 0 Å². The lowest BCUT2D eigenvalue weighted by molar-refractivity contribution is 0.0933. The van der Waals surface area contributed by atoms with Crippen LogP contribution in [-0.2, 0) is 12.8 Å². The second-order valence-electron chi connectivity index (χ2n) is 7.99. The second kappa shape index (κ2) is 7.25. The van der Waals surface area contributed by atoms with Crippen molar-refractivity contribution < 1.29 is 4.79 Å². The predicted octanol–water partition coefficient (Wildman–Crippen LogP) is 5.43. The lowest BCUT2D eigenvalue weighted by Gasteiger charge is -2.23. The van der Waals surface area contributed by atoms with E-state index in [0.717, 1.165) is 30.4 Å². The highest BCUT2D eigenvalue weighted by atomic mass is 16.1. The molecule has 5 rings (SSSR count). The van der Waals surface area contributed by atoms with Crippen LogP contribution in [0, 0.1) is 6.92 Å². The van der Waals surface area contributed by atoms with E-state index in [1.54, 1.807) is 0 Å². The maximum atomic E-state index is 12.8. The highest BCUT2D eigenvalue weighted by Crippen LogP contribution is 2.30. The maximum absolute atomic E-state index is 12.8. The molecule has 0 bridgehead atoms. The minimum absolute atomic E-state index is 0.00465. The highest BCUT2D eigenvalue weighted by Gasteiger charge is 2.24. The number of rotatable bonds is 3. The summed E-state index contributed by atoms with van der Waals surface area (Å²) in [4.78, 5) is 16.3. The number of benzene rings is 3. The number of carbonyl (C=O) groups is 1. The lowest BCUT2D eigenvalue weighted by Crippen LogP contribution is -2.38. The molecule has 3 aromatic carbocycles. The normalized spacial score (nSPS) is 15.8. The molecular formula is C26H24N2O. The Morgan fingerprint density at radius 2 is 1.72 bits per heavy atom. The van der Waals surface area contributed by atoms with Crippen LogP contribution in [0.15, 0.2) is 72.8 Å². The van der Waals surface area contributed by atoms with Gasteiger partial charge in [0.05, 0.1) is 0 Å². The average Bonchev–Trinajstić information content (AvgIpc) is 3.11. The molecular weight excluding hydrogens is 356 g/mol. The SMILES string of the molecule is Cc1ccc2[nH]c3c(c2c1)CCC(NC(=O)c1ccc(-c2ccccc2)cc1)C3. The van der Waals surface area contributed by atoms with Crippen LogP contribution in [0.3, 0.4) is 0 Å². The number of H-pyrrole nitrogens is 1. The van der Waals surface area contributed by atoms with Crippen molar-refractivity contribution >= 4 is 16.8 Å². The van der Waals surface area contributed by atoms with E-state index in [1.807, 2.05) is 42.5 Å². The molecule has 1 atom stereocenters. The molecule has 1 aliphatic rings. The van der Waals surface area contributed by atoms with Crippen LogP contribution >= 0.6 is 0 Å². The van der Waals surface area contributed by atoms with Crippen LogP contribution in [0.25, 0.3) is 22.0 Å². The number of aromatic amines is 1. The Morgan fingerprint density at radius 3 is 2.52 bits per heavy atom. The van der Waals surface area contributed by atoms with E-state index in [1.165, 1.54) is 27.7 Å². The van der Waals surface area contributed by atoms with Crippen LogP contribution < -0.4 is 5.32 Å². The van der Waals surface area contributed by atoms with Crippen molar-refractivity contribution in [1.82, 2.24) is 10.3 Å². The van der Waals surface area contributed by atoms with Crippen molar-refractivity contribution in [3.05, 3.63) is 95.2 Å². The average molecular weight is 380 g/mol. The Hall–Kier alpha value is -3.33. The van der Waals surface area contributed by atoms with Crippen molar-refractivity contribution in [2.75, 3.05) is 0 Å². The summed E-state index contributed by atoms with van der Waals surface area (Å²) in [5.41, 5.74) is 8.16. The maximum Gasteiger partial charge on any atom is 0.251 e. The van der Waals surface area contributed by atoms with Gasteiger partial charge in [0.25, 0.3) is 5.91 Å². The molecule has 0 aliphatic heterocycles. The number of fused-ring (bicyclic) bond motifs is 3. The van der Waals surface area contributed by atoms with E-state index in [4.69, 9.17) is 0 Å². The molecule has 1 heterocycles. The number of carbonyl (C=O) groups excluding carboxylic acids is 1. The molecule has 1 aromatic heterocycles. The standard InChI is InChI=1S/C26H24N2O/c1-17-7-14-24-23(15-17)22-13-12-21(16-25(22)28-24)27-26(29)20-10-8-19(9-11-20)18-5-3-2-4-6-18/h2-11,14-15,21,28H,12-13,16H2,1H3,(H,27,29). The van der Waals surface area contributed by atoms with Gasteiger partial charge in [-0.25, -0.2) is 0 Å². The number of aryl methyl sites for hydroxylation is 2. The van der Waals surface area contributed by atoms with Gasteiger partial charge in [0.15, 0.2) is 0 Å². The summed E-state index contributed by atoms with van der Waals surface area (Å²) in [6.07, 6.45) is 2.83. The van der Waals surface area contributed by atoms with Gasteiger partial charge in [-0.3, -0.25) is 4.79 Å². The molecule has 0 spiro atoms. The van der Waals surface area contributed by atoms with E-state index in [0.29, 0.717) is 5.56 Å². The number of hydrogen-bond donors (Lipinski definition) is 2. The van der Waals surface area contributed by atoms with Gasteiger partial charge in [0.2, 0.25) is 0 Å². The third-order valence-electron chi connectivity index (χ3n) is 5.93. The quantitative estimate of drug-likeness (QED) is 0.489. The molecule has 3 heteroatoms. The van der Waals surface area contributed by atoms with Crippen LogP contribution in [0.2, 0.25) is 0 Å². The second-order valence-corrected chi connectivity index (χ2v) is 7.99. The van der Waals surface area contributed by atoms with Crippen molar-refractivity contribution in [2.24, 2.45) is 0 Å². The van der Waals surface area contributed by atoms with Gasteiger partial charge in [0.1, 0.15) is 0 Å². The Labute approximate surface area is 170 Å². The van der Waals surface area contributed by atoms with Crippen molar-refractivity contribution in [3.8, 4) is 11.1 Å². The summed E-state index contributed by atoms with van der Waals surface area (Å²) in [6.45, 7) is 2.13. The first-order chi connectivity index (χ1) is 14.2. The van der Waals surface area contributed by atoms with Crippen molar-refractivity contribution in [3.63, 3.8) is 0 Å². The Kier molecular flexibility index (Phi) is 4.44. The zero-order valence-corrected chi connectivity index (χ0v) is 16.5. The molecule has 3 nitrogen and oxygen atoms in total. The molecule has 1 aliphatic carbocycles. The summed E-state index contributed by atoms with van der Waals surface area (Å²) in [6, 6.07) is 24.8. The summed E-state index contributed by atoms with van der Waals surface area (Å²) in [5, 5.41) is 4.57. The van der Waals surface area contributed by atoms with Gasteiger partial charge in [-0.15, -0.1) is 0 Å². The number of amides is 1. The molecule has 0 fully saturated rings. The zero-order valence-electron chi connectivity index (χ0n) is 16.5. The Bertz CT molecular complexity index is 1170. The first-order valence-corrected chi connectivity index (χ1v) is 10.2. The van der Waals surface area contributed by atoms with E-state index in [9.17, 15) is 4.79 Å². The van der Waals surface area contributed by atoms with Crippen LogP contribution in [0.5, 0.6) is 0 Å². The van der Waals surface area contributed by atoms with E-state index in [-0.39, 0.29) is 11.9 Å². The fourth-order valence-electron chi connectivity index (χ4n) is 4.38. The molecule has 0 saturated heterocycles. The largest absolute Gasteiger partial charge is 0.358 e. The molecule has 4 aromatic rings. The highest BCUT2D eigenvalue weighted by molar-refractivity contribution is 5.95. The van der Waals surface area contributed by atoms with Gasteiger partial charge in [-0.05, 0) is 60.7 Å². The van der Waals surface area contributed by atoms with E-state index in [2.05, 4.69) is 47.6 Å². The minimum atomic E-state index is 0.00465. The monoisotopic (exact) mass is 380 g/mol. The molecule has 1 unspecified atom stereocenters. The van der Waals surface area contributed by atoms with Crippen LogP contribution in [0.1, 0.15) is 33.6 Å². The topological polar surface area (TPSA) is 44.9 Å².